The van der Waals surface area contributed by atoms with Gasteiger partial charge in [-0.15, -0.1) is 0 Å². The van der Waals surface area contributed by atoms with E-state index in [1.165, 1.54) is 31.2 Å². The minimum Gasteiger partial charge on any atom is -0.357 e. The largest absolute Gasteiger partial charge is 0.357 e. The zero-order valence-corrected chi connectivity index (χ0v) is 10.9. The molecule has 1 aliphatic rings. The number of hydrogen-bond acceptors (Lipinski definition) is 3. The van der Waals surface area contributed by atoms with Gasteiger partial charge in [0.2, 0.25) is 0 Å². The summed E-state index contributed by atoms with van der Waals surface area (Å²) in [6, 6.07) is 5.02. The van der Waals surface area contributed by atoms with Crippen molar-refractivity contribution in [3.05, 3.63) is 23.9 Å². The summed E-state index contributed by atoms with van der Waals surface area (Å²) >= 11 is 0. The highest BCUT2D eigenvalue weighted by Crippen LogP contribution is 2.25. The van der Waals surface area contributed by atoms with Crippen molar-refractivity contribution < 1.29 is 0 Å². The van der Waals surface area contributed by atoms with Crippen LogP contribution in [0, 0.1) is 0 Å². The van der Waals surface area contributed by atoms with Gasteiger partial charge >= 0.3 is 0 Å². The van der Waals surface area contributed by atoms with Crippen molar-refractivity contribution in [2.45, 2.75) is 45.2 Å². The van der Waals surface area contributed by atoms with E-state index in [2.05, 4.69) is 41.3 Å². The smallest absolute Gasteiger partial charge is 0.128 e. The van der Waals surface area contributed by atoms with Crippen LogP contribution in [0.5, 0.6) is 0 Å². The van der Waals surface area contributed by atoms with Crippen molar-refractivity contribution in [1.29, 1.82) is 0 Å². The maximum absolute atomic E-state index is 4.56. The van der Waals surface area contributed by atoms with E-state index >= 15 is 0 Å². The average Bonchev–Trinajstić information content (AvgIpc) is 2.90. The molecule has 1 aliphatic carbocycles. The van der Waals surface area contributed by atoms with Gasteiger partial charge in [0, 0.05) is 25.8 Å². The Morgan fingerprint density at radius 1 is 1.35 bits per heavy atom. The van der Waals surface area contributed by atoms with Gasteiger partial charge in [0.15, 0.2) is 0 Å². The van der Waals surface area contributed by atoms with Gasteiger partial charge in [-0.3, -0.25) is 0 Å². The van der Waals surface area contributed by atoms with Crippen LogP contribution in [-0.4, -0.2) is 24.6 Å². The first-order valence-corrected chi connectivity index (χ1v) is 6.69. The molecule has 0 aliphatic heterocycles. The zero-order chi connectivity index (χ0) is 12.1. The summed E-state index contributed by atoms with van der Waals surface area (Å²) in [6.45, 7) is 4.04. The van der Waals surface area contributed by atoms with Crippen LogP contribution >= 0.6 is 0 Å². The minimum atomic E-state index is 0.696. The van der Waals surface area contributed by atoms with Gasteiger partial charge in [0.1, 0.15) is 5.82 Å². The molecule has 0 bridgehead atoms. The molecule has 3 nitrogen and oxygen atoms in total. The highest BCUT2D eigenvalue weighted by atomic mass is 15.2. The normalized spacial score (nSPS) is 16.4. The van der Waals surface area contributed by atoms with Crippen molar-refractivity contribution in [3.8, 4) is 0 Å². The first-order chi connectivity index (χ1) is 8.31. The van der Waals surface area contributed by atoms with Crippen LogP contribution in [-0.2, 0) is 6.54 Å². The summed E-state index contributed by atoms with van der Waals surface area (Å²) in [6.07, 6.45) is 7.36. The maximum Gasteiger partial charge on any atom is 0.128 e. The molecule has 2 rings (SSSR count). The van der Waals surface area contributed by atoms with Crippen molar-refractivity contribution in [2.24, 2.45) is 0 Å². The lowest BCUT2D eigenvalue weighted by Crippen LogP contribution is -2.29. The van der Waals surface area contributed by atoms with Gasteiger partial charge in [-0.1, -0.05) is 25.8 Å². The van der Waals surface area contributed by atoms with Crippen molar-refractivity contribution in [2.75, 3.05) is 18.5 Å². The second-order valence-corrected chi connectivity index (χ2v) is 4.85. The summed E-state index contributed by atoms with van der Waals surface area (Å²) in [5.74, 6) is 1.11. The lowest BCUT2D eigenvalue weighted by molar-refractivity contribution is 0.645. The Balaban J connectivity index is 1.96. The Bertz CT molecular complexity index is 328. The van der Waals surface area contributed by atoms with Crippen LogP contribution in [0.4, 0.5) is 5.82 Å². The number of pyridine rings is 1. The third kappa shape index (κ3) is 3.19. The minimum absolute atomic E-state index is 0.696. The molecule has 0 saturated heterocycles. The standard InChI is InChI=1S/C14H23N3/c1-3-15-10-12-8-9-14(16-11-12)17(2)13-6-4-5-7-13/h8-9,11,13,15H,3-7,10H2,1-2H3. The second-order valence-electron chi connectivity index (χ2n) is 4.85. The van der Waals surface area contributed by atoms with Gasteiger partial charge in [-0.25, -0.2) is 4.98 Å². The van der Waals surface area contributed by atoms with Crippen LogP contribution in [0.25, 0.3) is 0 Å². The highest BCUT2D eigenvalue weighted by Gasteiger charge is 2.20. The third-order valence-corrected chi connectivity index (χ3v) is 3.62. The molecule has 0 spiro atoms. The molecule has 0 atom stereocenters. The van der Waals surface area contributed by atoms with Gasteiger partial charge in [-0.2, -0.15) is 0 Å². The molecule has 3 heteroatoms. The van der Waals surface area contributed by atoms with Crippen molar-refractivity contribution in [1.82, 2.24) is 10.3 Å². The summed E-state index contributed by atoms with van der Waals surface area (Å²) in [4.78, 5) is 6.90. The van der Waals surface area contributed by atoms with Crippen LogP contribution in [0.15, 0.2) is 18.3 Å². The molecule has 17 heavy (non-hydrogen) atoms. The third-order valence-electron chi connectivity index (χ3n) is 3.62. The number of rotatable bonds is 5. The first-order valence-electron chi connectivity index (χ1n) is 6.69. The molecule has 0 aromatic carbocycles. The molecule has 1 aromatic rings. The van der Waals surface area contributed by atoms with E-state index in [4.69, 9.17) is 0 Å². The Hall–Kier alpha value is -1.09. The summed E-state index contributed by atoms with van der Waals surface area (Å²) in [5.41, 5.74) is 1.26. The number of hydrogen-bond donors (Lipinski definition) is 1. The lowest BCUT2D eigenvalue weighted by Gasteiger charge is -2.25. The van der Waals surface area contributed by atoms with Gasteiger partial charge in [-0.05, 0) is 31.0 Å². The number of anilines is 1. The summed E-state index contributed by atoms with van der Waals surface area (Å²) in [5, 5.41) is 3.31. The van der Waals surface area contributed by atoms with Crippen molar-refractivity contribution in [3.63, 3.8) is 0 Å². The highest BCUT2D eigenvalue weighted by molar-refractivity contribution is 5.39. The van der Waals surface area contributed by atoms with Crippen LogP contribution in [0.2, 0.25) is 0 Å². The Morgan fingerprint density at radius 2 is 2.12 bits per heavy atom. The van der Waals surface area contributed by atoms with E-state index in [0.29, 0.717) is 6.04 Å². The van der Waals surface area contributed by atoms with E-state index in [0.717, 1.165) is 18.9 Å². The van der Waals surface area contributed by atoms with E-state index < -0.39 is 0 Å². The molecule has 0 radical (unpaired) electrons. The van der Waals surface area contributed by atoms with Crippen LogP contribution in [0.1, 0.15) is 38.2 Å². The summed E-state index contributed by atoms with van der Waals surface area (Å²) in [7, 11) is 2.17. The van der Waals surface area contributed by atoms with Crippen molar-refractivity contribution >= 4 is 5.82 Å². The SMILES string of the molecule is CCNCc1ccc(N(C)C2CCCC2)nc1. The van der Waals surface area contributed by atoms with E-state index in [1.807, 2.05) is 6.20 Å². The topological polar surface area (TPSA) is 28.2 Å². The fourth-order valence-electron chi connectivity index (χ4n) is 2.48. The van der Waals surface area contributed by atoms with Gasteiger partial charge < -0.3 is 10.2 Å². The number of aromatic nitrogens is 1. The second kappa shape index (κ2) is 6.01. The van der Waals surface area contributed by atoms with E-state index in [1.54, 1.807) is 0 Å². The fourth-order valence-corrected chi connectivity index (χ4v) is 2.48. The lowest BCUT2D eigenvalue weighted by atomic mass is 10.2. The van der Waals surface area contributed by atoms with Crippen LogP contribution < -0.4 is 10.2 Å². The fraction of sp³-hybridized carbons (Fsp3) is 0.643. The maximum atomic E-state index is 4.56. The van der Waals surface area contributed by atoms with Crippen LogP contribution in [0.3, 0.4) is 0 Å². The quantitative estimate of drug-likeness (QED) is 0.847. The van der Waals surface area contributed by atoms with Gasteiger partial charge in [0.05, 0.1) is 0 Å². The predicted molar refractivity (Wildman–Crippen MR) is 72.3 cm³/mol. The number of nitrogens with one attached hydrogen (secondary N) is 1. The molecule has 1 N–H and O–H groups in total. The monoisotopic (exact) mass is 233 g/mol. The Morgan fingerprint density at radius 3 is 2.71 bits per heavy atom. The molecule has 1 saturated carbocycles. The Labute approximate surface area is 104 Å². The molecule has 0 amide bonds. The molecule has 1 heterocycles. The van der Waals surface area contributed by atoms with Gasteiger partial charge in [0.25, 0.3) is 0 Å². The summed E-state index contributed by atoms with van der Waals surface area (Å²) < 4.78 is 0. The molecule has 94 valence electrons. The Kier molecular flexibility index (Phi) is 4.37. The molecular formula is C14H23N3. The predicted octanol–water partition coefficient (Wildman–Crippen LogP) is 2.57. The molecule has 1 fully saturated rings. The molecular weight excluding hydrogens is 210 g/mol. The zero-order valence-electron chi connectivity index (χ0n) is 10.9. The van der Waals surface area contributed by atoms with E-state index in [9.17, 15) is 0 Å². The first kappa shape index (κ1) is 12.4. The average molecular weight is 233 g/mol. The molecule has 0 unspecified atom stereocenters. The number of nitrogens with zero attached hydrogens (tertiary/aromatic N) is 2. The van der Waals surface area contributed by atoms with E-state index in [-0.39, 0.29) is 0 Å². The molecule has 1 aromatic heterocycles.